The average Bonchev–Trinajstić information content (AvgIpc) is 2.49. The first kappa shape index (κ1) is 12.0. The molecule has 2 aromatic heterocycles. The number of nitrogen functional groups attached to an aromatic ring is 1. The van der Waals surface area contributed by atoms with Gasteiger partial charge >= 0.3 is 0 Å². The molecular weight excluding hydrogens is 256 g/mol. The molecule has 0 amide bonds. The summed E-state index contributed by atoms with van der Waals surface area (Å²) in [5.41, 5.74) is 7.90. The van der Waals surface area contributed by atoms with Gasteiger partial charge in [-0.1, -0.05) is 35.5 Å². The number of nitrogens with two attached hydrogens (primary N) is 1. The summed E-state index contributed by atoms with van der Waals surface area (Å²) >= 11 is 0. The van der Waals surface area contributed by atoms with Crippen LogP contribution in [0.15, 0.2) is 41.7 Å². The summed E-state index contributed by atoms with van der Waals surface area (Å²) in [5.74, 6) is 0.725. The van der Waals surface area contributed by atoms with Crippen molar-refractivity contribution in [3.63, 3.8) is 0 Å². The van der Waals surface area contributed by atoms with Crippen LogP contribution in [-0.4, -0.2) is 31.4 Å². The molecule has 0 bridgehead atoms. The first-order chi connectivity index (χ1) is 9.78. The minimum absolute atomic E-state index is 0.231. The van der Waals surface area contributed by atoms with Crippen molar-refractivity contribution in [1.29, 1.82) is 0 Å². The van der Waals surface area contributed by atoms with E-state index in [9.17, 15) is 0 Å². The zero-order valence-electron chi connectivity index (χ0n) is 10.3. The number of nitrogens with zero attached hydrogens (tertiary/aromatic N) is 5. The van der Waals surface area contributed by atoms with Gasteiger partial charge in [0.2, 0.25) is 0 Å². The van der Waals surface area contributed by atoms with Crippen molar-refractivity contribution in [2.24, 2.45) is 5.16 Å². The normalized spacial score (nSPS) is 11.2. The van der Waals surface area contributed by atoms with Gasteiger partial charge in [0, 0.05) is 5.56 Å². The van der Waals surface area contributed by atoms with E-state index in [1.807, 2.05) is 30.3 Å². The molecule has 0 aliphatic carbocycles. The second-order valence-electron chi connectivity index (χ2n) is 4.01. The molecule has 98 valence electrons. The predicted octanol–water partition coefficient (Wildman–Crippen LogP) is 1.48. The third-order valence-corrected chi connectivity index (χ3v) is 2.67. The van der Waals surface area contributed by atoms with Gasteiger partial charge in [-0.05, 0) is 0 Å². The third-order valence-electron chi connectivity index (χ3n) is 2.67. The number of anilines is 1. The summed E-state index contributed by atoms with van der Waals surface area (Å²) < 4.78 is 0. The summed E-state index contributed by atoms with van der Waals surface area (Å²) in [7, 11) is 0. The standard InChI is InChI=1S/C13H10N6O/c14-11-10-13(15-6-9(17-10)7-16-20)19-12(18-11)8-4-2-1-3-5-8/h1-7,20H,(H2,14,15,18,19). The van der Waals surface area contributed by atoms with E-state index in [1.54, 1.807) is 0 Å². The lowest BCUT2D eigenvalue weighted by atomic mass is 10.2. The summed E-state index contributed by atoms with van der Waals surface area (Å²) in [5, 5.41) is 11.4. The van der Waals surface area contributed by atoms with E-state index in [2.05, 4.69) is 25.1 Å². The molecule has 0 fully saturated rings. The van der Waals surface area contributed by atoms with E-state index < -0.39 is 0 Å². The summed E-state index contributed by atoms with van der Waals surface area (Å²) in [6, 6.07) is 9.48. The highest BCUT2D eigenvalue weighted by atomic mass is 16.4. The Morgan fingerprint density at radius 3 is 2.65 bits per heavy atom. The second kappa shape index (κ2) is 4.88. The van der Waals surface area contributed by atoms with Gasteiger partial charge in [-0.3, -0.25) is 0 Å². The number of hydrogen-bond donors (Lipinski definition) is 2. The Labute approximate surface area is 113 Å². The largest absolute Gasteiger partial charge is 0.411 e. The molecule has 0 atom stereocenters. The van der Waals surface area contributed by atoms with E-state index >= 15 is 0 Å². The van der Waals surface area contributed by atoms with Gasteiger partial charge < -0.3 is 10.9 Å². The highest BCUT2D eigenvalue weighted by molar-refractivity contribution is 5.86. The molecule has 0 radical (unpaired) electrons. The number of aromatic nitrogens is 4. The first-order valence-corrected chi connectivity index (χ1v) is 5.81. The molecular formula is C13H10N6O. The highest BCUT2D eigenvalue weighted by Crippen LogP contribution is 2.20. The molecule has 20 heavy (non-hydrogen) atoms. The summed E-state index contributed by atoms with van der Waals surface area (Å²) in [6.07, 6.45) is 2.61. The van der Waals surface area contributed by atoms with Gasteiger partial charge in [-0.25, -0.2) is 19.9 Å². The quantitative estimate of drug-likeness (QED) is 0.413. The molecule has 7 heteroatoms. The fourth-order valence-corrected chi connectivity index (χ4v) is 1.78. The Morgan fingerprint density at radius 2 is 1.90 bits per heavy atom. The van der Waals surface area contributed by atoms with Gasteiger partial charge in [-0.15, -0.1) is 0 Å². The smallest absolute Gasteiger partial charge is 0.184 e. The van der Waals surface area contributed by atoms with E-state index in [0.29, 0.717) is 22.7 Å². The number of benzene rings is 1. The number of rotatable bonds is 2. The van der Waals surface area contributed by atoms with Crippen LogP contribution >= 0.6 is 0 Å². The van der Waals surface area contributed by atoms with Gasteiger partial charge in [0.15, 0.2) is 22.8 Å². The van der Waals surface area contributed by atoms with Crippen LogP contribution in [0.4, 0.5) is 5.82 Å². The molecule has 7 nitrogen and oxygen atoms in total. The van der Waals surface area contributed by atoms with Crippen molar-refractivity contribution in [2.75, 3.05) is 5.73 Å². The lowest BCUT2D eigenvalue weighted by Gasteiger charge is -2.04. The Hall–Kier alpha value is -3.09. The van der Waals surface area contributed by atoms with Gasteiger partial charge in [0.25, 0.3) is 0 Å². The zero-order valence-corrected chi connectivity index (χ0v) is 10.3. The molecule has 2 heterocycles. The van der Waals surface area contributed by atoms with Crippen molar-refractivity contribution >= 4 is 23.2 Å². The van der Waals surface area contributed by atoms with Crippen LogP contribution in [0, 0.1) is 0 Å². The SMILES string of the molecule is Nc1nc(-c2ccccc2)nc2ncc(C=NO)nc12. The average molecular weight is 266 g/mol. The van der Waals surface area contributed by atoms with E-state index in [4.69, 9.17) is 10.9 Å². The Morgan fingerprint density at radius 1 is 1.10 bits per heavy atom. The molecule has 0 aliphatic heterocycles. The van der Waals surface area contributed by atoms with Crippen LogP contribution in [0.5, 0.6) is 0 Å². The topological polar surface area (TPSA) is 110 Å². The lowest BCUT2D eigenvalue weighted by molar-refractivity contribution is 0.321. The predicted molar refractivity (Wildman–Crippen MR) is 74.4 cm³/mol. The van der Waals surface area contributed by atoms with Crippen LogP contribution < -0.4 is 5.73 Å². The molecule has 0 saturated heterocycles. The highest BCUT2D eigenvalue weighted by Gasteiger charge is 2.09. The summed E-state index contributed by atoms with van der Waals surface area (Å²) in [4.78, 5) is 16.9. The molecule has 0 aliphatic rings. The Balaban J connectivity index is 2.18. The Kier molecular flexibility index (Phi) is 2.92. The van der Waals surface area contributed by atoms with Crippen LogP contribution in [0.2, 0.25) is 0 Å². The number of fused-ring (bicyclic) bond motifs is 1. The first-order valence-electron chi connectivity index (χ1n) is 5.81. The van der Waals surface area contributed by atoms with E-state index in [1.165, 1.54) is 6.20 Å². The molecule has 3 rings (SSSR count). The van der Waals surface area contributed by atoms with Crippen LogP contribution in [0.25, 0.3) is 22.6 Å². The number of hydrogen-bond acceptors (Lipinski definition) is 7. The maximum Gasteiger partial charge on any atom is 0.184 e. The lowest BCUT2D eigenvalue weighted by Crippen LogP contribution is -2.02. The fraction of sp³-hybridized carbons (Fsp3) is 0. The fourth-order valence-electron chi connectivity index (χ4n) is 1.78. The third kappa shape index (κ3) is 2.12. The van der Waals surface area contributed by atoms with Gasteiger partial charge in [0.1, 0.15) is 5.69 Å². The van der Waals surface area contributed by atoms with Crippen LogP contribution in [0.1, 0.15) is 5.69 Å². The molecule has 0 saturated carbocycles. The molecule has 0 unspecified atom stereocenters. The minimum atomic E-state index is 0.231. The molecule has 0 spiro atoms. The second-order valence-corrected chi connectivity index (χ2v) is 4.01. The van der Waals surface area contributed by atoms with Crippen LogP contribution in [0.3, 0.4) is 0 Å². The van der Waals surface area contributed by atoms with Crippen molar-refractivity contribution in [2.45, 2.75) is 0 Å². The van der Waals surface area contributed by atoms with Crippen molar-refractivity contribution in [3.05, 3.63) is 42.2 Å². The summed E-state index contributed by atoms with van der Waals surface area (Å²) in [6.45, 7) is 0. The maximum absolute atomic E-state index is 8.49. The number of oxime groups is 1. The van der Waals surface area contributed by atoms with E-state index in [0.717, 1.165) is 11.8 Å². The zero-order chi connectivity index (χ0) is 13.9. The van der Waals surface area contributed by atoms with Crippen molar-refractivity contribution < 1.29 is 5.21 Å². The van der Waals surface area contributed by atoms with Crippen molar-refractivity contribution in [1.82, 2.24) is 19.9 Å². The van der Waals surface area contributed by atoms with Gasteiger partial charge in [-0.2, -0.15) is 0 Å². The monoisotopic (exact) mass is 266 g/mol. The Bertz CT molecular complexity index is 787. The molecule has 3 N–H and O–H groups in total. The molecule has 1 aromatic carbocycles. The van der Waals surface area contributed by atoms with E-state index in [-0.39, 0.29) is 5.82 Å². The van der Waals surface area contributed by atoms with Gasteiger partial charge in [0.05, 0.1) is 12.4 Å². The molecule has 3 aromatic rings. The minimum Gasteiger partial charge on any atom is -0.411 e. The van der Waals surface area contributed by atoms with Crippen LogP contribution in [-0.2, 0) is 0 Å². The van der Waals surface area contributed by atoms with Crippen molar-refractivity contribution in [3.8, 4) is 11.4 Å². The maximum atomic E-state index is 8.49.